The van der Waals surface area contributed by atoms with Gasteiger partial charge in [-0.25, -0.2) is 0 Å². The number of carbonyl (C=O) groups excluding carboxylic acids is 1. The molecular weight excluding hydrogens is 380 g/mol. The van der Waals surface area contributed by atoms with Gasteiger partial charge < -0.3 is 5.11 Å². The average molecular weight is 427 g/mol. The van der Waals surface area contributed by atoms with Crippen molar-refractivity contribution in [3.63, 3.8) is 0 Å². The van der Waals surface area contributed by atoms with Gasteiger partial charge in [0, 0.05) is 12.3 Å². The molecule has 4 aliphatic rings. The van der Waals surface area contributed by atoms with E-state index in [0.29, 0.717) is 41.8 Å². The van der Waals surface area contributed by atoms with Crippen LogP contribution in [0.4, 0.5) is 0 Å². The maximum atomic E-state index is 13.2. The van der Waals surface area contributed by atoms with Crippen LogP contribution in [-0.2, 0) is 4.79 Å². The fraction of sp³-hybridized carbons (Fsp3) is 0.828. The zero-order chi connectivity index (χ0) is 22.6. The van der Waals surface area contributed by atoms with E-state index in [1.54, 1.807) is 0 Å². The predicted molar refractivity (Wildman–Crippen MR) is 129 cm³/mol. The lowest BCUT2D eigenvalue weighted by atomic mass is 9.46. The summed E-state index contributed by atoms with van der Waals surface area (Å²) in [5.74, 6) is 3.69. The van der Waals surface area contributed by atoms with Crippen molar-refractivity contribution in [1.29, 1.82) is 0 Å². The zero-order valence-corrected chi connectivity index (χ0v) is 20.8. The third-order valence-corrected chi connectivity index (χ3v) is 10.8. The highest BCUT2D eigenvalue weighted by Crippen LogP contribution is 2.66. The van der Waals surface area contributed by atoms with Gasteiger partial charge in [-0.1, -0.05) is 44.6 Å². The molecule has 9 atom stereocenters. The molecule has 0 aliphatic heterocycles. The molecule has 31 heavy (non-hydrogen) atoms. The van der Waals surface area contributed by atoms with Gasteiger partial charge in [-0.15, -0.1) is 0 Å². The molecule has 2 nitrogen and oxygen atoms in total. The molecule has 0 aromatic carbocycles. The minimum atomic E-state index is -0.401. The third-order valence-electron chi connectivity index (χ3n) is 10.8. The van der Waals surface area contributed by atoms with E-state index < -0.39 is 5.41 Å². The van der Waals surface area contributed by atoms with Crippen LogP contribution in [0.1, 0.15) is 98.8 Å². The lowest BCUT2D eigenvalue weighted by molar-refractivity contribution is -0.152. The number of hydrogen-bond acceptors (Lipinski definition) is 2. The van der Waals surface area contributed by atoms with E-state index in [1.165, 1.54) is 43.3 Å². The van der Waals surface area contributed by atoms with Gasteiger partial charge in [0.1, 0.15) is 5.78 Å². The molecule has 0 heterocycles. The van der Waals surface area contributed by atoms with Crippen molar-refractivity contribution in [2.45, 2.75) is 105 Å². The van der Waals surface area contributed by atoms with Crippen molar-refractivity contribution in [3.8, 4) is 0 Å². The molecule has 0 unspecified atom stereocenters. The van der Waals surface area contributed by atoms with Gasteiger partial charge in [0.15, 0.2) is 0 Å². The molecule has 1 N–H and O–H groups in total. The molecule has 0 aromatic heterocycles. The smallest absolute Gasteiger partial charge is 0.143 e. The molecule has 0 saturated heterocycles. The van der Waals surface area contributed by atoms with Crippen molar-refractivity contribution in [2.24, 2.45) is 46.3 Å². The summed E-state index contributed by atoms with van der Waals surface area (Å²) in [6.07, 6.45) is 13.1. The van der Waals surface area contributed by atoms with E-state index in [2.05, 4.69) is 47.3 Å². The summed E-state index contributed by atoms with van der Waals surface area (Å²) in [6.45, 7) is 15.8. The molecule has 0 amide bonds. The fourth-order valence-electron chi connectivity index (χ4n) is 9.07. The largest absolute Gasteiger partial charge is 0.393 e. The summed E-state index contributed by atoms with van der Waals surface area (Å²) in [7, 11) is 0. The molecule has 0 bridgehead atoms. The van der Waals surface area contributed by atoms with Gasteiger partial charge in [0.05, 0.1) is 11.5 Å². The van der Waals surface area contributed by atoms with Crippen LogP contribution in [0.5, 0.6) is 0 Å². The second-order valence-corrected chi connectivity index (χ2v) is 12.2. The highest BCUT2D eigenvalue weighted by Gasteiger charge is 2.63. The van der Waals surface area contributed by atoms with Gasteiger partial charge in [-0.3, -0.25) is 4.79 Å². The number of rotatable bonds is 6. The van der Waals surface area contributed by atoms with Crippen LogP contribution < -0.4 is 0 Å². The minimum Gasteiger partial charge on any atom is -0.393 e. The Kier molecular flexibility index (Phi) is 6.36. The van der Waals surface area contributed by atoms with Crippen molar-refractivity contribution in [1.82, 2.24) is 0 Å². The summed E-state index contributed by atoms with van der Waals surface area (Å²) in [5, 5.41) is 11.6. The Morgan fingerprint density at radius 1 is 1.26 bits per heavy atom. The summed E-state index contributed by atoms with van der Waals surface area (Å²) in [5.41, 5.74) is 2.49. The molecule has 0 radical (unpaired) electrons. The first kappa shape index (κ1) is 23.3. The first-order valence-corrected chi connectivity index (χ1v) is 13.2. The number of ketones is 1. The number of carbonyl (C=O) groups is 1. The molecular formula is C29H46O2. The number of Topliss-reactive ketones (excluding diaryl/α,β-unsaturated/α-hetero) is 1. The minimum absolute atomic E-state index is 0.139. The highest BCUT2D eigenvalue weighted by atomic mass is 16.3. The molecule has 2 heteroatoms. The van der Waals surface area contributed by atoms with E-state index in [-0.39, 0.29) is 17.4 Å². The molecule has 3 saturated carbocycles. The van der Waals surface area contributed by atoms with Gasteiger partial charge >= 0.3 is 0 Å². The van der Waals surface area contributed by atoms with Crippen molar-refractivity contribution in [2.75, 3.05) is 0 Å². The normalized spacial score (nSPS) is 44.0. The van der Waals surface area contributed by atoms with Crippen LogP contribution in [0.2, 0.25) is 0 Å². The summed E-state index contributed by atoms with van der Waals surface area (Å²) >= 11 is 0. The molecule has 4 aliphatic carbocycles. The third kappa shape index (κ3) is 3.60. The zero-order valence-electron chi connectivity index (χ0n) is 20.8. The highest BCUT2D eigenvalue weighted by molar-refractivity contribution is 5.89. The predicted octanol–water partition coefficient (Wildman–Crippen LogP) is 7.12. The molecule has 0 spiro atoms. The molecule has 3 fully saturated rings. The Labute approximate surface area is 191 Å². The fourth-order valence-corrected chi connectivity index (χ4v) is 9.07. The number of allylic oxidation sites excluding steroid dienone is 3. The Balaban J connectivity index is 1.55. The molecule has 174 valence electrons. The quantitative estimate of drug-likeness (QED) is 0.459. The van der Waals surface area contributed by atoms with Crippen molar-refractivity contribution < 1.29 is 9.90 Å². The van der Waals surface area contributed by atoms with E-state index in [1.807, 2.05) is 0 Å². The van der Waals surface area contributed by atoms with Gasteiger partial charge in [-0.05, 0) is 107 Å². The van der Waals surface area contributed by atoms with Crippen LogP contribution in [0.25, 0.3) is 0 Å². The van der Waals surface area contributed by atoms with Crippen LogP contribution in [0, 0.1) is 46.3 Å². The number of fused-ring (bicyclic) bond motifs is 5. The number of aliphatic hydroxyl groups excluding tert-OH is 1. The van der Waals surface area contributed by atoms with E-state index in [4.69, 9.17) is 0 Å². The van der Waals surface area contributed by atoms with Crippen molar-refractivity contribution in [3.05, 3.63) is 23.8 Å². The monoisotopic (exact) mass is 426 g/mol. The van der Waals surface area contributed by atoms with Gasteiger partial charge in [0.2, 0.25) is 0 Å². The van der Waals surface area contributed by atoms with E-state index in [0.717, 1.165) is 25.7 Å². The van der Waals surface area contributed by atoms with Crippen LogP contribution >= 0.6 is 0 Å². The van der Waals surface area contributed by atoms with E-state index in [9.17, 15) is 9.90 Å². The first-order chi connectivity index (χ1) is 14.6. The average Bonchev–Trinajstić information content (AvgIpc) is 3.05. The van der Waals surface area contributed by atoms with Crippen LogP contribution in [0.3, 0.4) is 0 Å². The topological polar surface area (TPSA) is 37.3 Å². The van der Waals surface area contributed by atoms with E-state index >= 15 is 0 Å². The summed E-state index contributed by atoms with van der Waals surface area (Å²) in [4.78, 5) is 13.2. The summed E-state index contributed by atoms with van der Waals surface area (Å²) in [6, 6.07) is 0. The van der Waals surface area contributed by atoms with Crippen LogP contribution in [0.15, 0.2) is 23.8 Å². The molecule has 0 aromatic rings. The van der Waals surface area contributed by atoms with Crippen molar-refractivity contribution >= 4 is 5.78 Å². The van der Waals surface area contributed by atoms with Crippen LogP contribution in [-0.4, -0.2) is 17.0 Å². The maximum absolute atomic E-state index is 13.2. The Bertz CT molecular complexity index is 750. The van der Waals surface area contributed by atoms with Gasteiger partial charge in [0.25, 0.3) is 0 Å². The standard InChI is InChI=1S/C29H46O2/c1-7-20(18(2)3)12-11-19(4)23-15-16-24-22-14-13-21-9-8-10-26(31)29(21,6)27(22)25(30)17-28(23,24)5/h13,19-20,22-25,27,30H,2,7-12,14-17H2,1,3-6H3/t19-,20-,22+,23-,24+,25-,27-,28-,29-/m1/s1. The first-order valence-electron chi connectivity index (χ1n) is 13.2. The second kappa shape index (κ2) is 8.47. The number of hydrogen-bond donors (Lipinski definition) is 1. The lowest BCUT2D eigenvalue weighted by Gasteiger charge is -2.59. The Morgan fingerprint density at radius 3 is 2.68 bits per heavy atom. The van der Waals surface area contributed by atoms with Gasteiger partial charge in [-0.2, -0.15) is 0 Å². The Morgan fingerprint density at radius 2 is 2.00 bits per heavy atom. The molecule has 4 rings (SSSR count). The Hall–Kier alpha value is -0.890. The second-order valence-electron chi connectivity index (χ2n) is 12.2. The number of aliphatic hydroxyl groups is 1. The summed E-state index contributed by atoms with van der Waals surface area (Å²) < 4.78 is 0. The maximum Gasteiger partial charge on any atom is 0.143 e. The lowest BCUT2D eigenvalue weighted by Crippen LogP contribution is -2.58. The SMILES string of the molecule is C=C(C)[C@H](CC)CC[C@@H](C)[C@H]1CC[C@H]2[C@@H]3CC=C4CCCC(=O)[C@]4(C)[C@H]3[C@H](O)C[C@]12C.